The lowest BCUT2D eigenvalue weighted by Crippen LogP contribution is -2.31. The van der Waals surface area contributed by atoms with Gasteiger partial charge < -0.3 is 0 Å². The zero-order valence-corrected chi connectivity index (χ0v) is 13.5. The molecule has 0 atom stereocenters. The minimum Gasteiger partial charge on any atom is -0.286 e. The number of amidine groups is 1. The van der Waals surface area contributed by atoms with Crippen molar-refractivity contribution < 1.29 is 4.79 Å². The Bertz CT molecular complexity index is 823. The van der Waals surface area contributed by atoms with Crippen LogP contribution < -0.4 is 0 Å². The summed E-state index contributed by atoms with van der Waals surface area (Å²) in [5.41, 5.74) is 2.95. The van der Waals surface area contributed by atoms with Crippen molar-refractivity contribution in [1.29, 1.82) is 5.26 Å². The molecule has 0 radical (unpaired) electrons. The molecule has 2 aromatic rings. The van der Waals surface area contributed by atoms with E-state index < -0.39 is 0 Å². The summed E-state index contributed by atoms with van der Waals surface area (Å²) in [5, 5.41) is 9.70. The van der Waals surface area contributed by atoms with E-state index in [0.717, 1.165) is 17.0 Å². The van der Waals surface area contributed by atoms with Crippen LogP contribution in [0.4, 0.5) is 5.69 Å². The summed E-state index contributed by atoms with van der Waals surface area (Å²) in [6.07, 6.45) is 0. The third-order valence-corrected chi connectivity index (χ3v) is 4.55. The molecule has 0 bridgehead atoms. The van der Waals surface area contributed by atoms with Gasteiger partial charge in [-0.3, -0.25) is 9.69 Å². The molecule has 0 saturated carbocycles. The Morgan fingerprint density at radius 2 is 2.09 bits per heavy atom. The monoisotopic (exact) mass is 321 g/mol. The van der Waals surface area contributed by atoms with Crippen LogP contribution in [0, 0.1) is 18.3 Å². The maximum Gasteiger partial charge on any atom is 0.259 e. The second kappa shape index (κ2) is 6.67. The molecule has 0 spiro atoms. The van der Waals surface area contributed by atoms with E-state index in [1.165, 1.54) is 0 Å². The predicted molar refractivity (Wildman–Crippen MR) is 92.9 cm³/mol. The highest BCUT2D eigenvalue weighted by atomic mass is 32.2. The Labute approximate surface area is 139 Å². The number of benzene rings is 2. The standard InChI is InChI=1S/C18H15N3OS/c1-13-5-2-3-8-16(13)20-18-21(9-10-23-18)17(22)15-7-4-6-14(11-15)12-19/h2-8,11H,9-10H2,1H3. The highest BCUT2D eigenvalue weighted by molar-refractivity contribution is 8.14. The van der Waals surface area contributed by atoms with Crippen molar-refractivity contribution in [3.8, 4) is 6.07 Å². The lowest BCUT2D eigenvalue weighted by atomic mass is 10.1. The Balaban J connectivity index is 1.91. The first-order valence-corrected chi connectivity index (χ1v) is 8.27. The SMILES string of the molecule is Cc1ccccc1N=C1SCCN1C(=O)c1cccc(C#N)c1. The summed E-state index contributed by atoms with van der Waals surface area (Å²) in [5.74, 6) is 0.716. The van der Waals surface area contributed by atoms with Crippen LogP contribution >= 0.6 is 11.8 Å². The zero-order valence-electron chi connectivity index (χ0n) is 12.7. The summed E-state index contributed by atoms with van der Waals surface area (Å²) in [6, 6.07) is 16.7. The summed E-state index contributed by atoms with van der Waals surface area (Å²) >= 11 is 1.58. The molecule has 1 amide bonds. The van der Waals surface area contributed by atoms with Crippen molar-refractivity contribution in [1.82, 2.24) is 4.90 Å². The average Bonchev–Trinajstić information content (AvgIpc) is 3.04. The number of para-hydroxylation sites is 1. The molecule has 3 rings (SSSR count). The number of hydrogen-bond acceptors (Lipinski definition) is 4. The van der Waals surface area contributed by atoms with Crippen molar-refractivity contribution in [3.63, 3.8) is 0 Å². The zero-order chi connectivity index (χ0) is 16.2. The van der Waals surface area contributed by atoms with E-state index in [4.69, 9.17) is 5.26 Å². The van der Waals surface area contributed by atoms with Crippen molar-refractivity contribution in [2.45, 2.75) is 6.92 Å². The van der Waals surface area contributed by atoms with E-state index in [1.807, 2.05) is 31.2 Å². The maximum atomic E-state index is 12.7. The van der Waals surface area contributed by atoms with Crippen molar-refractivity contribution >= 4 is 28.5 Å². The Hall–Kier alpha value is -2.58. The van der Waals surface area contributed by atoms with Crippen LogP contribution in [0.3, 0.4) is 0 Å². The number of amides is 1. The Morgan fingerprint density at radius 1 is 1.26 bits per heavy atom. The first-order valence-electron chi connectivity index (χ1n) is 7.28. The van der Waals surface area contributed by atoms with Gasteiger partial charge in [-0.25, -0.2) is 4.99 Å². The topological polar surface area (TPSA) is 56.5 Å². The number of aliphatic imine (C=N–C) groups is 1. The summed E-state index contributed by atoms with van der Waals surface area (Å²) in [7, 11) is 0. The molecule has 2 aromatic carbocycles. The van der Waals surface area contributed by atoms with Crippen LogP contribution in [0.5, 0.6) is 0 Å². The maximum absolute atomic E-state index is 12.7. The van der Waals surface area contributed by atoms with Gasteiger partial charge in [0.05, 0.1) is 17.3 Å². The average molecular weight is 321 g/mol. The minimum absolute atomic E-state index is 0.112. The van der Waals surface area contributed by atoms with E-state index in [1.54, 1.807) is 40.9 Å². The van der Waals surface area contributed by atoms with Crippen LogP contribution in [0.2, 0.25) is 0 Å². The molecule has 114 valence electrons. The Kier molecular flexibility index (Phi) is 4.45. The third-order valence-electron chi connectivity index (χ3n) is 3.59. The minimum atomic E-state index is -0.112. The molecular weight excluding hydrogens is 306 g/mol. The lowest BCUT2D eigenvalue weighted by Gasteiger charge is -2.16. The quantitative estimate of drug-likeness (QED) is 0.846. The smallest absolute Gasteiger partial charge is 0.259 e. The van der Waals surface area contributed by atoms with Crippen LogP contribution in [0.1, 0.15) is 21.5 Å². The lowest BCUT2D eigenvalue weighted by molar-refractivity contribution is 0.0859. The molecule has 0 unspecified atom stereocenters. The number of nitrogens with zero attached hydrogens (tertiary/aromatic N) is 3. The molecule has 4 nitrogen and oxygen atoms in total. The molecule has 1 fully saturated rings. The van der Waals surface area contributed by atoms with E-state index >= 15 is 0 Å². The van der Waals surface area contributed by atoms with E-state index in [2.05, 4.69) is 11.1 Å². The highest BCUT2D eigenvalue weighted by Gasteiger charge is 2.27. The van der Waals surface area contributed by atoms with Gasteiger partial charge in [-0.15, -0.1) is 0 Å². The van der Waals surface area contributed by atoms with E-state index in [0.29, 0.717) is 22.8 Å². The number of carbonyl (C=O) groups excluding carboxylic acids is 1. The first kappa shape index (κ1) is 15.3. The van der Waals surface area contributed by atoms with Gasteiger partial charge in [0, 0.05) is 17.9 Å². The number of rotatable bonds is 2. The van der Waals surface area contributed by atoms with E-state index in [-0.39, 0.29) is 5.91 Å². The van der Waals surface area contributed by atoms with E-state index in [9.17, 15) is 4.79 Å². The molecule has 0 aromatic heterocycles. The van der Waals surface area contributed by atoms with Crippen molar-refractivity contribution in [2.24, 2.45) is 4.99 Å². The van der Waals surface area contributed by atoms with Crippen LogP contribution in [-0.4, -0.2) is 28.3 Å². The van der Waals surface area contributed by atoms with Gasteiger partial charge in [0.2, 0.25) is 0 Å². The normalized spacial score (nSPS) is 15.7. The number of aryl methyl sites for hydroxylation is 1. The molecular formula is C18H15N3OS. The van der Waals surface area contributed by atoms with Gasteiger partial charge in [0.1, 0.15) is 0 Å². The second-order valence-corrected chi connectivity index (χ2v) is 6.24. The molecule has 1 heterocycles. The highest BCUT2D eigenvalue weighted by Crippen LogP contribution is 2.26. The van der Waals surface area contributed by atoms with Crippen LogP contribution in [-0.2, 0) is 0 Å². The van der Waals surface area contributed by atoms with Gasteiger partial charge in [0.25, 0.3) is 5.91 Å². The molecule has 1 aliphatic heterocycles. The molecule has 0 aliphatic carbocycles. The Morgan fingerprint density at radius 3 is 2.87 bits per heavy atom. The van der Waals surface area contributed by atoms with Gasteiger partial charge in [0.15, 0.2) is 5.17 Å². The third kappa shape index (κ3) is 3.27. The number of thioether (sulfide) groups is 1. The molecule has 5 heteroatoms. The summed E-state index contributed by atoms with van der Waals surface area (Å²) in [6.45, 7) is 2.63. The molecule has 1 aliphatic rings. The fourth-order valence-electron chi connectivity index (χ4n) is 2.35. The first-order chi connectivity index (χ1) is 11.2. The number of carbonyl (C=O) groups is 1. The van der Waals surface area contributed by atoms with Gasteiger partial charge in [-0.2, -0.15) is 5.26 Å². The van der Waals surface area contributed by atoms with Crippen molar-refractivity contribution in [2.75, 3.05) is 12.3 Å². The summed E-state index contributed by atoms with van der Waals surface area (Å²) in [4.78, 5) is 19.1. The van der Waals surface area contributed by atoms with Gasteiger partial charge in [-0.05, 0) is 36.8 Å². The summed E-state index contributed by atoms with van der Waals surface area (Å²) < 4.78 is 0. The van der Waals surface area contributed by atoms with Gasteiger partial charge >= 0.3 is 0 Å². The molecule has 0 N–H and O–H groups in total. The van der Waals surface area contributed by atoms with Crippen LogP contribution in [0.25, 0.3) is 0 Å². The predicted octanol–water partition coefficient (Wildman–Crippen LogP) is 3.74. The molecule has 1 saturated heterocycles. The van der Waals surface area contributed by atoms with Crippen molar-refractivity contribution in [3.05, 3.63) is 65.2 Å². The van der Waals surface area contributed by atoms with Crippen LogP contribution in [0.15, 0.2) is 53.5 Å². The van der Waals surface area contributed by atoms with Gasteiger partial charge in [-0.1, -0.05) is 36.0 Å². The fraction of sp³-hybridized carbons (Fsp3) is 0.167. The second-order valence-electron chi connectivity index (χ2n) is 5.18. The molecule has 23 heavy (non-hydrogen) atoms. The number of nitriles is 1. The fourth-order valence-corrected chi connectivity index (χ4v) is 3.30. The number of hydrogen-bond donors (Lipinski definition) is 0. The largest absolute Gasteiger partial charge is 0.286 e.